The molecule has 8 heteroatoms. The molecule has 2 unspecified atom stereocenters. The molecule has 1 fully saturated rings. The molecular formula is C18H28ClN3O4. The van der Waals surface area contributed by atoms with E-state index in [2.05, 4.69) is 5.32 Å². The van der Waals surface area contributed by atoms with Crippen LogP contribution in [0.3, 0.4) is 0 Å². The molecule has 146 valence electrons. The summed E-state index contributed by atoms with van der Waals surface area (Å²) in [5, 5.41) is 2.69. The highest BCUT2D eigenvalue weighted by atomic mass is 35.5. The van der Waals surface area contributed by atoms with Crippen LogP contribution in [0.5, 0.6) is 11.5 Å². The van der Waals surface area contributed by atoms with Gasteiger partial charge in [0, 0.05) is 18.2 Å². The van der Waals surface area contributed by atoms with Gasteiger partial charge in [-0.15, -0.1) is 12.4 Å². The van der Waals surface area contributed by atoms with Gasteiger partial charge in [-0.2, -0.15) is 0 Å². The lowest BCUT2D eigenvalue weighted by molar-refractivity contribution is -0.114. The van der Waals surface area contributed by atoms with E-state index < -0.39 is 0 Å². The zero-order chi connectivity index (χ0) is 18.6. The quantitative estimate of drug-likeness (QED) is 0.811. The van der Waals surface area contributed by atoms with E-state index in [4.69, 9.17) is 15.2 Å². The minimum Gasteiger partial charge on any atom is -0.493 e. The summed E-state index contributed by atoms with van der Waals surface area (Å²) in [6.07, 6.45) is 3.04. The second-order valence-corrected chi connectivity index (χ2v) is 6.35. The number of hydrogen-bond donors (Lipinski definition) is 2. The van der Waals surface area contributed by atoms with Crippen LogP contribution in [0.4, 0.5) is 5.69 Å². The number of halogens is 1. The zero-order valence-electron chi connectivity index (χ0n) is 15.7. The maximum Gasteiger partial charge on any atom is 0.256 e. The van der Waals surface area contributed by atoms with Crippen molar-refractivity contribution in [3.05, 3.63) is 17.7 Å². The highest BCUT2D eigenvalue weighted by molar-refractivity contribution is 6.05. The number of nitrogens with zero attached hydrogens (tertiary/aromatic N) is 1. The van der Waals surface area contributed by atoms with Crippen LogP contribution in [0.25, 0.3) is 0 Å². The van der Waals surface area contributed by atoms with E-state index in [0.717, 1.165) is 19.3 Å². The molecule has 1 heterocycles. The lowest BCUT2D eigenvalue weighted by Crippen LogP contribution is -2.47. The predicted molar refractivity (Wildman–Crippen MR) is 103 cm³/mol. The summed E-state index contributed by atoms with van der Waals surface area (Å²) in [5.41, 5.74) is 6.15. The number of hydrogen-bond acceptors (Lipinski definition) is 5. The normalized spacial score (nSPS) is 19.3. The van der Waals surface area contributed by atoms with Gasteiger partial charge in [-0.25, -0.2) is 0 Å². The van der Waals surface area contributed by atoms with Gasteiger partial charge in [-0.1, -0.05) is 0 Å². The third-order valence-electron chi connectivity index (χ3n) is 4.64. The Hall–Kier alpha value is -1.99. The minimum atomic E-state index is -0.374. The second kappa shape index (κ2) is 9.64. The molecule has 26 heavy (non-hydrogen) atoms. The second-order valence-electron chi connectivity index (χ2n) is 6.35. The Morgan fingerprint density at radius 2 is 1.69 bits per heavy atom. The van der Waals surface area contributed by atoms with Crippen LogP contribution in [-0.2, 0) is 4.79 Å². The van der Waals surface area contributed by atoms with Crippen LogP contribution in [0.1, 0.15) is 43.5 Å². The molecule has 2 rings (SSSR count). The first-order valence-corrected chi connectivity index (χ1v) is 8.51. The Morgan fingerprint density at radius 3 is 2.19 bits per heavy atom. The van der Waals surface area contributed by atoms with Gasteiger partial charge in [0.1, 0.15) is 0 Å². The van der Waals surface area contributed by atoms with Crippen molar-refractivity contribution in [2.45, 2.75) is 45.2 Å². The SMILES string of the molecule is COc1cc(NC(=O)CN)c(C(=O)N2C(C)CCCC2C)cc1OC.Cl. The number of amides is 2. The summed E-state index contributed by atoms with van der Waals surface area (Å²) in [7, 11) is 3.01. The van der Waals surface area contributed by atoms with E-state index in [1.807, 2.05) is 18.7 Å². The molecule has 1 aliphatic rings. The average Bonchev–Trinajstić information content (AvgIpc) is 2.60. The van der Waals surface area contributed by atoms with Gasteiger partial charge in [0.15, 0.2) is 11.5 Å². The van der Waals surface area contributed by atoms with Crippen molar-refractivity contribution < 1.29 is 19.1 Å². The molecule has 2 atom stereocenters. The molecule has 1 saturated heterocycles. The minimum absolute atomic E-state index is 0. The molecule has 0 spiro atoms. The first-order valence-electron chi connectivity index (χ1n) is 8.51. The largest absolute Gasteiger partial charge is 0.493 e. The standard InChI is InChI=1S/C18H27N3O4.ClH/c1-11-6-5-7-12(2)21(11)18(23)13-8-15(24-3)16(25-4)9-14(13)20-17(22)10-19;/h8-9,11-12H,5-7,10,19H2,1-4H3,(H,20,22);1H. The van der Waals surface area contributed by atoms with Gasteiger partial charge < -0.3 is 25.4 Å². The lowest BCUT2D eigenvalue weighted by Gasteiger charge is -2.39. The number of rotatable bonds is 5. The van der Waals surface area contributed by atoms with Gasteiger partial charge >= 0.3 is 0 Å². The summed E-state index contributed by atoms with van der Waals surface area (Å²) < 4.78 is 10.6. The number of likely N-dealkylation sites (tertiary alicyclic amines) is 1. The van der Waals surface area contributed by atoms with Crippen molar-refractivity contribution in [1.82, 2.24) is 4.90 Å². The van der Waals surface area contributed by atoms with Crippen LogP contribution >= 0.6 is 12.4 Å². The molecule has 0 aromatic heterocycles. The van der Waals surface area contributed by atoms with Crippen molar-refractivity contribution in [1.29, 1.82) is 0 Å². The van der Waals surface area contributed by atoms with Crippen LogP contribution in [-0.4, -0.2) is 49.6 Å². The molecule has 3 N–H and O–H groups in total. The highest BCUT2D eigenvalue weighted by Gasteiger charge is 2.31. The fourth-order valence-corrected chi connectivity index (χ4v) is 3.32. The van der Waals surface area contributed by atoms with Gasteiger partial charge in [-0.3, -0.25) is 9.59 Å². The van der Waals surface area contributed by atoms with Gasteiger partial charge in [0.25, 0.3) is 5.91 Å². The zero-order valence-corrected chi connectivity index (χ0v) is 16.5. The first-order chi connectivity index (χ1) is 11.9. The van der Waals surface area contributed by atoms with Gasteiger partial charge in [0.2, 0.25) is 5.91 Å². The maximum atomic E-state index is 13.2. The summed E-state index contributed by atoms with van der Waals surface area (Å²) >= 11 is 0. The van der Waals surface area contributed by atoms with Crippen molar-refractivity contribution in [2.24, 2.45) is 5.73 Å². The third-order valence-corrected chi connectivity index (χ3v) is 4.64. The molecule has 2 amide bonds. The molecule has 0 radical (unpaired) electrons. The molecule has 1 aromatic carbocycles. The first kappa shape index (κ1) is 22.1. The van der Waals surface area contributed by atoms with Gasteiger partial charge in [-0.05, 0) is 39.2 Å². The number of carbonyl (C=O) groups is 2. The topological polar surface area (TPSA) is 93.9 Å². The molecule has 0 bridgehead atoms. The van der Waals surface area contributed by atoms with Crippen molar-refractivity contribution in [3.63, 3.8) is 0 Å². The van der Waals surface area contributed by atoms with Crippen LogP contribution < -0.4 is 20.5 Å². The van der Waals surface area contributed by atoms with Crippen molar-refractivity contribution in [3.8, 4) is 11.5 Å². The maximum absolute atomic E-state index is 13.2. The number of nitrogens with two attached hydrogens (primary N) is 1. The van der Waals surface area contributed by atoms with Crippen LogP contribution in [0.2, 0.25) is 0 Å². The van der Waals surface area contributed by atoms with E-state index in [-0.39, 0.29) is 42.8 Å². The van der Waals surface area contributed by atoms with Crippen molar-refractivity contribution in [2.75, 3.05) is 26.1 Å². The fraction of sp³-hybridized carbons (Fsp3) is 0.556. The smallest absolute Gasteiger partial charge is 0.256 e. The highest BCUT2D eigenvalue weighted by Crippen LogP contribution is 2.35. The summed E-state index contributed by atoms with van der Waals surface area (Å²) in [5.74, 6) is 0.369. The molecule has 1 aliphatic heterocycles. The Labute approximate surface area is 160 Å². The number of methoxy groups -OCH3 is 2. The Kier molecular flexibility index (Phi) is 8.17. The van der Waals surface area contributed by atoms with E-state index in [1.54, 1.807) is 12.1 Å². The fourth-order valence-electron chi connectivity index (χ4n) is 3.32. The van der Waals surface area contributed by atoms with Crippen molar-refractivity contribution >= 4 is 29.9 Å². The molecule has 0 saturated carbocycles. The molecular weight excluding hydrogens is 358 g/mol. The van der Waals surface area contributed by atoms with Gasteiger partial charge in [0.05, 0.1) is 32.0 Å². The molecule has 7 nitrogen and oxygen atoms in total. The van der Waals surface area contributed by atoms with E-state index in [9.17, 15) is 9.59 Å². The summed E-state index contributed by atoms with van der Waals surface area (Å²) in [6, 6.07) is 3.49. The Balaban J connectivity index is 0.00000338. The number of ether oxygens (including phenoxy) is 2. The third kappa shape index (κ3) is 4.59. The lowest BCUT2D eigenvalue weighted by atomic mass is 9.96. The number of benzene rings is 1. The van der Waals surface area contributed by atoms with E-state index >= 15 is 0 Å². The summed E-state index contributed by atoms with van der Waals surface area (Å²) in [4.78, 5) is 26.9. The number of piperidine rings is 1. The van der Waals surface area contributed by atoms with E-state index in [0.29, 0.717) is 22.7 Å². The summed E-state index contributed by atoms with van der Waals surface area (Å²) in [6.45, 7) is 3.93. The Bertz CT molecular complexity index is 644. The van der Waals surface area contributed by atoms with E-state index in [1.165, 1.54) is 14.2 Å². The monoisotopic (exact) mass is 385 g/mol. The van der Waals surface area contributed by atoms with Crippen LogP contribution in [0, 0.1) is 0 Å². The number of carbonyl (C=O) groups excluding carboxylic acids is 2. The molecule has 1 aromatic rings. The average molecular weight is 386 g/mol. The van der Waals surface area contributed by atoms with Crippen LogP contribution in [0.15, 0.2) is 12.1 Å². The molecule has 0 aliphatic carbocycles. The predicted octanol–water partition coefficient (Wildman–Crippen LogP) is 2.43. The number of nitrogens with one attached hydrogen (secondary N) is 1. The Morgan fingerprint density at radius 1 is 1.15 bits per heavy atom. The number of anilines is 1.